The summed E-state index contributed by atoms with van der Waals surface area (Å²) in [6.07, 6.45) is 0.954. The quantitative estimate of drug-likeness (QED) is 0.484. The van der Waals surface area contributed by atoms with Gasteiger partial charge in [-0.25, -0.2) is 13.2 Å². The summed E-state index contributed by atoms with van der Waals surface area (Å²) in [5.41, 5.74) is -0.296. The molecular weight excluding hydrogens is 464 g/mol. The first-order valence-electron chi connectivity index (χ1n) is 9.85. The number of nitrogens with zero attached hydrogens (tertiary/aromatic N) is 4. The van der Waals surface area contributed by atoms with Crippen LogP contribution in [-0.4, -0.2) is 45.2 Å². The van der Waals surface area contributed by atoms with Crippen LogP contribution in [0.15, 0.2) is 32.9 Å². The Kier molecular flexibility index (Phi) is 6.47. The number of nitrogens with one attached hydrogen (secondary N) is 2. The molecule has 2 aromatic heterocycles. The molecular formula is C21H22N6O6S. The second-order valence-corrected chi connectivity index (χ2v) is 9.50. The Morgan fingerprint density at radius 1 is 1.00 bits per heavy atom. The molecule has 1 aromatic carbocycles. The van der Waals surface area contributed by atoms with Crippen molar-refractivity contribution < 1.29 is 18.0 Å². The number of anilines is 2. The molecule has 3 aromatic rings. The van der Waals surface area contributed by atoms with Crippen LogP contribution in [0.25, 0.3) is 11.2 Å². The molecule has 2 N–H and O–H groups in total. The molecule has 0 aliphatic heterocycles. The van der Waals surface area contributed by atoms with Gasteiger partial charge in [-0.05, 0) is 18.2 Å². The number of amides is 2. The SMILES string of the molecule is CC(=O)Nc1cc(C#CCn2c(=O)n(C)c(=O)c3c2nc(S(C)(=O)=O)n3C)cc(NC(C)=O)c1. The first-order valence-corrected chi connectivity index (χ1v) is 11.7. The van der Waals surface area contributed by atoms with E-state index < -0.39 is 21.1 Å². The molecule has 0 aliphatic carbocycles. The Hall–Kier alpha value is -4.18. The fourth-order valence-electron chi connectivity index (χ4n) is 3.35. The lowest BCUT2D eigenvalue weighted by Crippen LogP contribution is -2.38. The molecule has 0 fully saturated rings. The van der Waals surface area contributed by atoms with Crippen molar-refractivity contribution in [2.45, 2.75) is 25.5 Å². The standard InChI is InChI=1S/C21H22N6O6S/c1-12(28)22-15-9-14(10-16(11-15)23-13(2)29)7-6-8-27-18-17(19(30)26(4)21(27)31)25(3)20(24-18)34(5,32)33/h9-11H,8H2,1-5H3,(H,22,28)(H,23,29). The van der Waals surface area contributed by atoms with Crippen LogP contribution in [-0.2, 0) is 40.1 Å². The summed E-state index contributed by atoms with van der Waals surface area (Å²) >= 11 is 0. The summed E-state index contributed by atoms with van der Waals surface area (Å²) in [6, 6.07) is 4.73. The van der Waals surface area contributed by atoms with Crippen LogP contribution in [0.1, 0.15) is 19.4 Å². The van der Waals surface area contributed by atoms with Crippen molar-refractivity contribution >= 4 is 44.2 Å². The molecule has 2 heterocycles. The number of imidazole rings is 1. The van der Waals surface area contributed by atoms with E-state index in [1.165, 1.54) is 27.9 Å². The fraction of sp³-hybridized carbons (Fsp3) is 0.286. The van der Waals surface area contributed by atoms with Crippen molar-refractivity contribution in [1.29, 1.82) is 0 Å². The molecule has 3 rings (SSSR count). The summed E-state index contributed by atoms with van der Waals surface area (Å²) in [6.45, 7) is 2.47. The van der Waals surface area contributed by atoms with Gasteiger partial charge in [-0.2, -0.15) is 4.98 Å². The van der Waals surface area contributed by atoms with Gasteiger partial charge >= 0.3 is 5.69 Å². The van der Waals surface area contributed by atoms with Gasteiger partial charge in [-0.3, -0.25) is 23.5 Å². The van der Waals surface area contributed by atoms with Gasteiger partial charge in [-0.15, -0.1) is 0 Å². The number of sulfone groups is 1. The molecule has 0 saturated carbocycles. The van der Waals surface area contributed by atoms with Crippen LogP contribution >= 0.6 is 0 Å². The first kappa shape index (κ1) is 24.5. The fourth-order valence-corrected chi connectivity index (χ4v) is 4.20. The lowest BCUT2D eigenvalue weighted by Gasteiger charge is -2.08. The monoisotopic (exact) mass is 486 g/mol. The maximum absolute atomic E-state index is 12.7. The molecule has 0 saturated heterocycles. The van der Waals surface area contributed by atoms with E-state index in [-0.39, 0.29) is 34.7 Å². The molecule has 34 heavy (non-hydrogen) atoms. The molecule has 12 nitrogen and oxygen atoms in total. The third-order valence-electron chi connectivity index (χ3n) is 4.69. The third-order valence-corrected chi connectivity index (χ3v) is 5.72. The Morgan fingerprint density at radius 3 is 2.06 bits per heavy atom. The molecule has 0 bridgehead atoms. The molecule has 0 unspecified atom stereocenters. The molecule has 0 spiro atoms. The number of fused-ring (bicyclic) bond motifs is 1. The Morgan fingerprint density at radius 2 is 1.56 bits per heavy atom. The zero-order valence-electron chi connectivity index (χ0n) is 19.1. The minimum Gasteiger partial charge on any atom is -0.326 e. The smallest absolute Gasteiger partial charge is 0.326 e. The van der Waals surface area contributed by atoms with Gasteiger partial charge in [0.05, 0.1) is 6.54 Å². The summed E-state index contributed by atoms with van der Waals surface area (Å²) < 4.78 is 27.2. The zero-order chi connectivity index (χ0) is 25.4. The Balaban J connectivity index is 2.12. The van der Waals surface area contributed by atoms with E-state index in [1.54, 1.807) is 18.2 Å². The van der Waals surface area contributed by atoms with Crippen molar-refractivity contribution in [3.63, 3.8) is 0 Å². The predicted molar refractivity (Wildman–Crippen MR) is 125 cm³/mol. The number of carbonyl (C=O) groups is 2. The highest BCUT2D eigenvalue weighted by Crippen LogP contribution is 2.19. The van der Waals surface area contributed by atoms with Gasteiger partial charge in [0.25, 0.3) is 5.56 Å². The summed E-state index contributed by atoms with van der Waals surface area (Å²) in [5.74, 6) is 5.02. The maximum Gasteiger partial charge on any atom is 0.333 e. The normalized spacial score (nSPS) is 11.1. The second-order valence-electron chi connectivity index (χ2n) is 7.59. The van der Waals surface area contributed by atoms with Crippen molar-refractivity contribution in [2.24, 2.45) is 14.1 Å². The minimum absolute atomic E-state index is 0.0510. The molecule has 0 radical (unpaired) electrons. The van der Waals surface area contributed by atoms with Crippen LogP contribution in [0.2, 0.25) is 0 Å². The molecule has 0 atom stereocenters. The van der Waals surface area contributed by atoms with Crippen LogP contribution in [0, 0.1) is 11.8 Å². The van der Waals surface area contributed by atoms with E-state index in [2.05, 4.69) is 27.5 Å². The molecule has 178 valence electrons. The van der Waals surface area contributed by atoms with E-state index in [9.17, 15) is 27.6 Å². The number of hydrogen-bond donors (Lipinski definition) is 2. The summed E-state index contributed by atoms with van der Waals surface area (Å²) in [4.78, 5) is 52.2. The number of rotatable bonds is 4. The van der Waals surface area contributed by atoms with Crippen molar-refractivity contribution in [3.05, 3.63) is 44.6 Å². The summed E-state index contributed by atoms with van der Waals surface area (Å²) in [5, 5.41) is 4.88. The zero-order valence-corrected chi connectivity index (χ0v) is 19.9. The lowest BCUT2D eigenvalue weighted by atomic mass is 10.1. The highest BCUT2D eigenvalue weighted by atomic mass is 32.2. The summed E-state index contributed by atoms with van der Waals surface area (Å²) in [7, 11) is -1.11. The van der Waals surface area contributed by atoms with Crippen molar-refractivity contribution in [2.75, 3.05) is 16.9 Å². The lowest BCUT2D eigenvalue weighted by molar-refractivity contribution is -0.115. The number of aryl methyl sites for hydroxylation is 1. The van der Waals surface area contributed by atoms with Crippen molar-refractivity contribution in [3.8, 4) is 11.8 Å². The molecule has 0 aliphatic rings. The van der Waals surface area contributed by atoms with E-state index in [0.29, 0.717) is 16.9 Å². The van der Waals surface area contributed by atoms with Crippen LogP contribution in [0.5, 0.6) is 0 Å². The van der Waals surface area contributed by atoms with Crippen LogP contribution in [0.3, 0.4) is 0 Å². The molecule has 13 heteroatoms. The topological polar surface area (TPSA) is 154 Å². The van der Waals surface area contributed by atoms with E-state index in [4.69, 9.17) is 0 Å². The van der Waals surface area contributed by atoms with Crippen LogP contribution < -0.4 is 21.9 Å². The first-order chi connectivity index (χ1) is 15.8. The number of benzene rings is 1. The largest absolute Gasteiger partial charge is 0.333 e. The average molecular weight is 487 g/mol. The average Bonchev–Trinajstić information content (AvgIpc) is 3.05. The second kappa shape index (κ2) is 8.99. The third kappa shape index (κ3) is 4.91. The van der Waals surface area contributed by atoms with E-state index >= 15 is 0 Å². The highest BCUT2D eigenvalue weighted by Gasteiger charge is 2.23. The van der Waals surface area contributed by atoms with Gasteiger partial charge in [0.15, 0.2) is 11.2 Å². The molecule has 2 amide bonds. The maximum atomic E-state index is 12.7. The van der Waals surface area contributed by atoms with E-state index in [0.717, 1.165) is 20.0 Å². The predicted octanol–water partition coefficient (Wildman–Crippen LogP) is -0.194. The van der Waals surface area contributed by atoms with Gasteiger partial charge in [0, 0.05) is 51.1 Å². The Labute approximate surface area is 194 Å². The van der Waals surface area contributed by atoms with E-state index in [1.807, 2.05) is 0 Å². The minimum atomic E-state index is -3.76. The van der Waals surface area contributed by atoms with Gasteiger partial charge in [-0.1, -0.05) is 11.8 Å². The van der Waals surface area contributed by atoms with Crippen LogP contribution in [0.4, 0.5) is 11.4 Å². The Bertz CT molecular complexity index is 1600. The number of carbonyl (C=O) groups excluding carboxylic acids is 2. The highest BCUT2D eigenvalue weighted by molar-refractivity contribution is 7.90. The van der Waals surface area contributed by atoms with Crippen molar-refractivity contribution in [1.82, 2.24) is 18.7 Å². The van der Waals surface area contributed by atoms with Gasteiger partial charge in [0.2, 0.25) is 26.8 Å². The number of aromatic nitrogens is 4. The van der Waals surface area contributed by atoms with Gasteiger partial charge < -0.3 is 15.2 Å². The number of hydrogen-bond acceptors (Lipinski definition) is 7. The van der Waals surface area contributed by atoms with Gasteiger partial charge in [0.1, 0.15) is 0 Å².